The van der Waals surface area contributed by atoms with Gasteiger partial charge in [0.05, 0.1) is 37.8 Å². The number of methoxy groups -OCH3 is 2. The van der Waals surface area contributed by atoms with Gasteiger partial charge in [-0.25, -0.2) is 4.98 Å². The molecule has 0 fully saturated rings. The standard InChI is InChI=1S/C16H19N3O2/c1-10-11(8-9-17)16(19(2)3)14-12(20-4)6-7-13(21-5)15(14)18-10/h6-7H,8H2,1-5H3. The Morgan fingerprint density at radius 3 is 2.33 bits per heavy atom. The van der Waals surface area contributed by atoms with Crippen LogP contribution in [0.5, 0.6) is 11.5 Å². The molecule has 0 spiro atoms. The number of hydrogen-bond acceptors (Lipinski definition) is 5. The summed E-state index contributed by atoms with van der Waals surface area (Å²) in [6.45, 7) is 1.91. The second-order valence-corrected chi connectivity index (χ2v) is 4.95. The molecule has 0 radical (unpaired) electrons. The van der Waals surface area contributed by atoms with Gasteiger partial charge in [0.2, 0.25) is 0 Å². The Balaban J connectivity index is 3.00. The summed E-state index contributed by atoms with van der Waals surface area (Å²) in [6.07, 6.45) is 0.308. The van der Waals surface area contributed by atoms with E-state index >= 15 is 0 Å². The first-order valence-electron chi connectivity index (χ1n) is 6.63. The Morgan fingerprint density at radius 2 is 1.81 bits per heavy atom. The SMILES string of the molecule is COc1ccc(OC)c2c(N(C)C)c(CC#N)c(C)nc12. The minimum Gasteiger partial charge on any atom is -0.496 e. The third kappa shape index (κ3) is 2.45. The molecule has 0 aliphatic rings. The van der Waals surface area contributed by atoms with Crippen molar-refractivity contribution in [3.05, 3.63) is 23.4 Å². The Hall–Kier alpha value is -2.48. The molecular formula is C16H19N3O2. The Morgan fingerprint density at radius 1 is 1.19 bits per heavy atom. The van der Waals surface area contributed by atoms with Crippen molar-refractivity contribution in [2.24, 2.45) is 0 Å². The van der Waals surface area contributed by atoms with Crippen LogP contribution in [-0.4, -0.2) is 33.3 Å². The van der Waals surface area contributed by atoms with Crippen molar-refractivity contribution in [2.45, 2.75) is 13.3 Å². The molecule has 1 aromatic carbocycles. The van der Waals surface area contributed by atoms with Gasteiger partial charge in [0.25, 0.3) is 0 Å². The molecule has 2 aromatic rings. The van der Waals surface area contributed by atoms with Gasteiger partial charge in [0, 0.05) is 25.4 Å². The van der Waals surface area contributed by atoms with Gasteiger partial charge in [-0.3, -0.25) is 0 Å². The molecule has 0 saturated carbocycles. The minimum absolute atomic E-state index is 0.308. The summed E-state index contributed by atoms with van der Waals surface area (Å²) < 4.78 is 10.9. The van der Waals surface area contributed by atoms with Crippen molar-refractivity contribution >= 4 is 16.6 Å². The number of nitrogens with zero attached hydrogens (tertiary/aromatic N) is 3. The van der Waals surface area contributed by atoms with Crippen LogP contribution in [0.25, 0.3) is 10.9 Å². The molecule has 0 bridgehead atoms. The van der Waals surface area contributed by atoms with Crippen molar-refractivity contribution in [3.8, 4) is 17.6 Å². The van der Waals surface area contributed by atoms with E-state index in [1.165, 1.54) is 0 Å². The van der Waals surface area contributed by atoms with Gasteiger partial charge in [0.1, 0.15) is 17.0 Å². The van der Waals surface area contributed by atoms with Gasteiger partial charge in [-0.05, 0) is 19.1 Å². The molecule has 110 valence electrons. The van der Waals surface area contributed by atoms with Crippen molar-refractivity contribution in [1.29, 1.82) is 5.26 Å². The van der Waals surface area contributed by atoms with Crippen LogP contribution in [0.1, 0.15) is 11.3 Å². The Labute approximate surface area is 124 Å². The van der Waals surface area contributed by atoms with E-state index in [2.05, 4.69) is 11.1 Å². The smallest absolute Gasteiger partial charge is 0.145 e. The molecule has 0 unspecified atom stereocenters. The molecule has 0 amide bonds. The van der Waals surface area contributed by atoms with Crippen LogP contribution in [0.2, 0.25) is 0 Å². The zero-order valence-electron chi connectivity index (χ0n) is 13.0. The van der Waals surface area contributed by atoms with E-state index in [4.69, 9.17) is 14.7 Å². The molecule has 0 saturated heterocycles. The van der Waals surface area contributed by atoms with E-state index in [0.717, 1.165) is 33.6 Å². The quantitative estimate of drug-likeness (QED) is 0.864. The van der Waals surface area contributed by atoms with E-state index in [9.17, 15) is 0 Å². The fourth-order valence-corrected chi connectivity index (χ4v) is 2.57. The van der Waals surface area contributed by atoms with E-state index in [-0.39, 0.29) is 0 Å². The molecule has 5 nitrogen and oxygen atoms in total. The van der Waals surface area contributed by atoms with Crippen LogP contribution in [0.4, 0.5) is 5.69 Å². The molecule has 0 aliphatic carbocycles. The summed E-state index contributed by atoms with van der Waals surface area (Å²) in [4.78, 5) is 6.63. The number of ether oxygens (including phenoxy) is 2. The highest BCUT2D eigenvalue weighted by atomic mass is 16.5. The maximum Gasteiger partial charge on any atom is 0.145 e. The van der Waals surface area contributed by atoms with E-state index in [1.807, 2.05) is 38.1 Å². The summed E-state index contributed by atoms with van der Waals surface area (Å²) in [6, 6.07) is 5.92. The molecule has 0 aliphatic heterocycles. The number of fused-ring (bicyclic) bond motifs is 1. The van der Waals surface area contributed by atoms with Crippen LogP contribution < -0.4 is 14.4 Å². The van der Waals surface area contributed by atoms with Gasteiger partial charge in [-0.15, -0.1) is 0 Å². The number of aryl methyl sites for hydroxylation is 1. The zero-order valence-corrected chi connectivity index (χ0v) is 13.0. The molecule has 2 rings (SSSR count). The van der Waals surface area contributed by atoms with Crippen molar-refractivity contribution < 1.29 is 9.47 Å². The molecule has 0 atom stereocenters. The lowest BCUT2D eigenvalue weighted by Crippen LogP contribution is -2.14. The van der Waals surface area contributed by atoms with Gasteiger partial charge in [0.15, 0.2) is 0 Å². The summed E-state index contributed by atoms with van der Waals surface area (Å²) in [7, 11) is 7.16. The lowest BCUT2D eigenvalue weighted by Gasteiger charge is -2.22. The van der Waals surface area contributed by atoms with Gasteiger partial charge >= 0.3 is 0 Å². The molecular weight excluding hydrogens is 266 g/mol. The van der Waals surface area contributed by atoms with Crippen molar-refractivity contribution in [2.75, 3.05) is 33.2 Å². The van der Waals surface area contributed by atoms with Crippen LogP contribution in [-0.2, 0) is 6.42 Å². The molecule has 1 aromatic heterocycles. The molecule has 5 heteroatoms. The number of hydrogen-bond donors (Lipinski definition) is 0. The third-order valence-electron chi connectivity index (χ3n) is 3.48. The largest absolute Gasteiger partial charge is 0.496 e. The van der Waals surface area contributed by atoms with E-state index < -0.39 is 0 Å². The van der Waals surface area contributed by atoms with Gasteiger partial charge in [-0.1, -0.05) is 0 Å². The summed E-state index contributed by atoms with van der Waals surface area (Å²) in [5, 5.41) is 9.97. The highest BCUT2D eigenvalue weighted by Crippen LogP contribution is 2.40. The predicted molar refractivity (Wildman–Crippen MR) is 83.2 cm³/mol. The van der Waals surface area contributed by atoms with Gasteiger partial charge in [-0.2, -0.15) is 5.26 Å². The summed E-state index contributed by atoms with van der Waals surface area (Å²) >= 11 is 0. The van der Waals surface area contributed by atoms with E-state index in [0.29, 0.717) is 12.2 Å². The van der Waals surface area contributed by atoms with Crippen molar-refractivity contribution in [3.63, 3.8) is 0 Å². The Bertz CT molecular complexity index is 718. The lowest BCUT2D eigenvalue weighted by atomic mass is 10.0. The molecule has 0 N–H and O–H groups in total. The first-order chi connectivity index (χ1) is 10.0. The normalized spacial score (nSPS) is 10.3. The van der Waals surface area contributed by atoms with E-state index in [1.54, 1.807) is 14.2 Å². The lowest BCUT2D eigenvalue weighted by molar-refractivity contribution is 0.409. The average molecular weight is 285 g/mol. The third-order valence-corrected chi connectivity index (χ3v) is 3.48. The zero-order chi connectivity index (χ0) is 15.6. The highest BCUT2D eigenvalue weighted by Gasteiger charge is 2.20. The monoisotopic (exact) mass is 285 g/mol. The van der Waals surface area contributed by atoms with Crippen LogP contribution in [0.15, 0.2) is 12.1 Å². The second-order valence-electron chi connectivity index (χ2n) is 4.95. The maximum atomic E-state index is 9.10. The summed E-state index contributed by atoms with van der Waals surface area (Å²) in [5.41, 5.74) is 3.45. The van der Waals surface area contributed by atoms with Crippen LogP contribution >= 0.6 is 0 Å². The number of anilines is 1. The number of benzene rings is 1. The number of nitriles is 1. The first kappa shape index (κ1) is 14.9. The minimum atomic E-state index is 0.308. The highest BCUT2D eigenvalue weighted by molar-refractivity contribution is 6.01. The molecule has 1 heterocycles. The maximum absolute atomic E-state index is 9.10. The number of pyridine rings is 1. The second kappa shape index (κ2) is 5.88. The Kier molecular flexibility index (Phi) is 4.18. The predicted octanol–water partition coefficient (Wildman–Crippen LogP) is 2.69. The first-order valence-corrected chi connectivity index (χ1v) is 6.63. The van der Waals surface area contributed by atoms with Crippen LogP contribution in [0, 0.1) is 18.3 Å². The average Bonchev–Trinajstić information content (AvgIpc) is 2.46. The fraction of sp³-hybridized carbons (Fsp3) is 0.375. The van der Waals surface area contributed by atoms with Crippen LogP contribution in [0.3, 0.4) is 0 Å². The topological polar surface area (TPSA) is 58.4 Å². The number of aromatic nitrogens is 1. The fourth-order valence-electron chi connectivity index (χ4n) is 2.57. The van der Waals surface area contributed by atoms with Crippen molar-refractivity contribution in [1.82, 2.24) is 4.98 Å². The summed E-state index contributed by atoms with van der Waals surface area (Å²) in [5.74, 6) is 1.42. The number of rotatable bonds is 4. The van der Waals surface area contributed by atoms with Gasteiger partial charge < -0.3 is 14.4 Å². The molecule has 21 heavy (non-hydrogen) atoms.